The molecule has 1 aliphatic rings. The summed E-state index contributed by atoms with van der Waals surface area (Å²) in [4.78, 5) is 2.40. The van der Waals surface area contributed by atoms with Crippen LogP contribution in [-0.2, 0) is 11.3 Å². The second kappa shape index (κ2) is 7.63. The van der Waals surface area contributed by atoms with Gasteiger partial charge in [0, 0.05) is 25.0 Å². The highest BCUT2D eigenvalue weighted by Crippen LogP contribution is 2.16. The molecule has 0 amide bonds. The summed E-state index contributed by atoms with van der Waals surface area (Å²) in [6.07, 6.45) is 1.18. The SMILES string of the molecule is CCCNC1COCC1CN(C)Cc1ccccc1. The van der Waals surface area contributed by atoms with Crippen molar-refractivity contribution >= 4 is 0 Å². The van der Waals surface area contributed by atoms with Gasteiger partial charge in [0.05, 0.1) is 13.2 Å². The molecule has 1 N–H and O–H groups in total. The van der Waals surface area contributed by atoms with Gasteiger partial charge in [-0.25, -0.2) is 0 Å². The highest BCUT2D eigenvalue weighted by molar-refractivity contribution is 5.14. The number of nitrogens with zero attached hydrogens (tertiary/aromatic N) is 1. The highest BCUT2D eigenvalue weighted by atomic mass is 16.5. The maximum Gasteiger partial charge on any atom is 0.0623 e. The van der Waals surface area contributed by atoms with Crippen LogP contribution in [0.15, 0.2) is 30.3 Å². The largest absolute Gasteiger partial charge is 0.379 e. The highest BCUT2D eigenvalue weighted by Gasteiger charge is 2.28. The Labute approximate surface area is 116 Å². The van der Waals surface area contributed by atoms with Gasteiger partial charge in [0.2, 0.25) is 0 Å². The van der Waals surface area contributed by atoms with Crippen LogP contribution in [0.3, 0.4) is 0 Å². The first-order chi connectivity index (χ1) is 9.29. The molecule has 0 bridgehead atoms. The van der Waals surface area contributed by atoms with Crippen molar-refractivity contribution in [2.24, 2.45) is 5.92 Å². The van der Waals surface area contributed by atoms with E-state index in [4.69, 9.17) is 4.74 Å². The van der Waals surface area contributed by atoms with E-state index < -0.39 is 0 Å². The van der Waals surface area contributed by atoms with Gasteiger partial charge in [-0.3, -0.25) is 0 Å². The lowest BCUT2D eigenvalue weighted by atomic mass is 10.0. The number of rotatable bonds is 7. The molecule has 1 aliphatic heterocycles. The first kappa shape index (κ1) is 14.5. The lowest BCUT2D eigenvalue weighted by Crippen LogP contribution is -2.40. The number of nitrogens with one attached hydrogen (secondary N) is 1. The zero-order valence-electron chi connectivity index (χ0n) is 12.1. The fourth-order valence-corrected chi connectivity index (χ4v) is 2.69. The summed E-state index contributed by atoms with van der Waals surface area (Å²) in [7, 11) is 2.20. The van der Waals surface area contributed by atoms with Crippen molar-refractivity contribution in [3.63, 3.8) is 0 Å². The molecule has 0 radical (unpaired) electrons. The third-order valence-electron chi connectivity index (χ3n) is 3.70. The van der Waals surface area contributed by atoms with Gasteiger partial charge in [0.25, 0.3) is 0 Å². The Bertz CT molecular complexity index is 355. The van der Waals surface area contributed by atoms with Crippen molar-refractivity contribution in [1.82, 2.24) is 10.2 Å². The van der Waals surface area contributed by atoms with E-state index in [9.17, 15) is 0 Å². The molecule has 1 saturated heterocycles. The van der Waals surface area contributed by atoms with Crippen LogP contribution >= 0.6 is 0 Å². The van der Waals surface area contributed by atoms with Crippen LogP contribution in [0.1, 0.15) is 18.9 Å². The fourth-order valence-electron chi connectivity index (χ4n) is 2.69. The second-order valence-electron chi connectivity index (χ2n) is 5.54. The summed E-state index contributed by atoms with van der Waals surface area (Å²) in [5.41, 5.74) is 1.38. The summed E-state index contributed by atoms with van der Waals surface area (Å²) in [5.74, 6) is 0.611. The molecule has 1 aromatic rings. The Morgan fingerprint density at radius 2 is 2.05 bits per heavy atom. The Morgan fingerprint density at radius 3 is 2.79 bits per heavy atom. The van der Waals surface area contributed by atoms with Crippen LogP contribution in [0, 0.1) is 5.92 Å². The molecule has 2 unspecified atom stereocenters. The van der Waals surface area contributed by atoms with E-state index in [1.165, 1.54) is 12.0 Å². The first-order valence-electron chi connectivity index (χ1n) is 7.33. The predicted molar refractivity (Wildman–Crippen MR) is 79.2 cm³/mol. The van der Waals surface area contributed by atoms with Crippen molar-refractivity contribution in [1.29, 1.82) is 0 Å². The van der Waals surface area contributed by atoms with Crippen LogP contribution < -0.4 is 5.32 Å². The number of hydrogen-bond acceptors (Lipinski definition) is 3. The molecular weight excluding hydrogens is 236 g/mol. The number of ether oxygens (including phenoxy) is 1. The lowest BCUT2D eigenvalue weighted by molar-refractivity contribution is 0.172. The van der Waals surface area contributed by atoms with Crippen molar-refractivity contribution < 1.29 is 4.74 Å². The zero-order valence-corrected chi connectivity index (χ0v) is 12.1. The minimum atomic E-state index is 0.526. The van der Waals surface area contributed by atoms with E-state index in [1.54, 1.807) is 0 Å². The summed E-state index contributed by atoms with van der Waals surface area (Å²) in [6, 6.07) is 11.2. The molecule has 0 aliphatic carbocycles. The van der Waals surface area contributed by atoms with Gasteiger partial charge in [-0.1, -0.05) is 37.3 Å². The van der Waals surface area contributed by atoms with Crippen molar-refractivity contribution in [3.8, 4) is 0 Å². The van der Waals surface area contributed by atoms with E-state index >= 15 is 0 Å². The van der Waals surface area contributed by atoms with Crippen molar-refractivity contribution in [3.05, 3.63) is 35.9 Å². The summed E-state index contributed by atoms with van der Waals surface area (Å²) in [5, 5.41) is 3.60. The molecule has 2 rings (SSSR count). The van der Waals surface area contributed by atoms with Gasteiger partial charge in [-0.2, -0.15) is 0 Å². The van der Waals surface area contributed by atoms with Crippen molar-refractivity contribution in [2.45, 2.75) is 25.9 Å². The molecule has 106 valence electrons. The average molecular weight is 262 g/mol. The second-order valence-corrected chi connectivity index (χ2v) is 5.54. The predicted octanol–water partition coefficient (Wildman–Crippen LogP) is 2.13. The molecule has 3 heteroatoms. The summed E-state index contributed by atoms with van der Waals surface area (Å²) in [6.45, 7) is 7.16. The number of hydrogen-bond donors (Lipinski definition) is 1. The van der Waals surface area contributed by atoms with Crippen LogP contribution in [0.25, 0.3) is 0 Å². The van der Waals surface area contributed by atoms with Crippen LogP contribution in [0.2, 0.25) is 0 Å². The maximum absolute atomic E-state index is 5.63. The van der Waals surface area contributed by atoms with E-state index in [1.807, 2.05) is 0 Å². The van der Waals surface area contributed by atoms with Gasteiger partial charge in [0.1, 0.15) is 0 Å². The van der Waals surface area contributed by atoms with E-state index in [-0.39, 0.29) is 0 Å². The third-order valence-corrected chi connectivity index (χ3v) is 3.70. The Hall–Kier alpha value is -0.900. The molecule has 19 heavy (non-hydrogen) atoms. The molecule has 1 aromatic carbocycles. The zero-order chi connectivity index (χ0) is 13.5. The number of benzene rings is 1. The molecule has 3 nitrogen and oxygen atoms in total. The molecule has 2 atom stereocenters. The summed E-state index contributed by atoms with van der Waals surface area (Å²) < 4.78 is 5.63. The topological polar surface area (TPSA) is 24.5 Å². The van der Waals surface area contributed by atoms with Gasteiger partial charge in [-0.15, -0.1) is 0 Å². The quantitative estimate of drug-likeness (QED) is 0.815. The minimum Gasteiger partial charge on any atom is -0.379 e. The molecule has 0 saturated carbocycles. The molecule has 0 spiro atoms. The average Bonchev–Trinajstić information content (AvgIpc) is 2.84. The van der Waals surface area contributed by atoms with Crippen LogP contribution in [-0.4, -0.2) is 44.3 Å². The fraction of sp³-hybridized carbons (Fsp3) is 0.625. The lowest BCUT2D eigenvalue weighted by Gasteiger charge is -2.25. The van der Waals surface area contributed by atoms with Crippen LogP contribution in [0.5, 0.6) is 0 Å². The van der Waals surface area contributed by atoms with E-state index in [0.29, 0.717) is 12.0 Å². The third kappa shape index (κ3) is 4.60. The van der Waals surface area contributed by atoms with Gasteiger partial charge >= 0.3 is 0 Å². The first-order valence-corrected chi connectivity index (χ1v) is 7.33. The van der Waals surface area contributed by atoms with Gasteiger partial charge in [-0.05, 0) is 25.6 Å². The van der Waals surface area contributed by atoms with Gasteiger partial charge in [0.15, 0.2) is 0 Å². The van der Waals surface area contributed by atoms with Gasteiger partial charge < -0.3 is 15.0 Å². The smallest absolute Gasteiger partial charge is 0.0623 e. The molecule has 0 aromatic heterocycles. The minimum absolute atomic E-state index is 0.526. The maximum atomic E-state index is 5.63. The van der Waals surface area contributed by atoms with Crippen LogP contribution in [0.4, 0.5) is 0 Å². The Balaban J connectivity index is 1.79. The normalized spacial score (nSPS) is 23.1. The Morgan fingerprint density at radius 1 is 1.26 bits per heavy atom. The van der Waals surface area contributed by atoms with Crippen molar-refractivity contribution in [2.75, 3.05) is 33.4 Å². The van der Waals surface area contributed by atoms with E-state index in [2.05, 4.69) is 54.5 Å². The monoisotopic (exact) mass is 262 g/mol. The molecule has 1 fully saturated rings. The van der Waals surface area contributed by atoms with E-state index in [0.717, 1.165) is 32.8 Å². The molecular formula is C16H26N2O. The molecule has 1 heterocycles. The standard InChI is InChI=1S/C16H26N2O/c1-3-9-17-16-13-19-12-15(16)11-18(2)10-14-7-5-4-6-8-14/h4-8,15-17H,3,9-13H2,1-2H3. The Kier molecular flexibility index (Phi) is 5.83. The summed E-state index contributed by atoms with van der Waals surface area (Å²) >= 11 is 0.